The second-order valence-electron chi connectivity index (χ2n) is 6.71. The van der Waals surface area contributed by atoms with Gasteiger partial charge in [0.25, 0.3) is 0 Å². The summed E-state index contributed by atoms with van der Waals surface area (Å²) in [6, 6.07) is 12.5. The largest absolute Gasteiger partial charge is 0.508 e. The molecule has 0 spiro atoms. The van der Waals surface area contributed by atoms with Gasteiger partial charge in [0.15, 0.2) is 0 Å². The van der Waals surface area contributed by atoms with Crippen molar-refractivity contribution in [1.29, 1.82) is 0 Å². The molecule has 3 rings (SSSR count). The molecule has 1 aliphatic rings. The molecule has 0 radical (unpaired) electrons. The topological polar surface area (TPSA) is 64.9 Å². The van der Waals surface area contributed by atoms with E-state index in [0.29, 0.717) is 17.0 Å². The van der Waals surface area contributed by atoms with Crippen molar-refractivity contribution in [3.63, 3.8) is 0 Å². The quantitative estimate of drug-likeness (QED) is 0.737. The van der Waals surface area contributed by atoms with Crippen LogP contribution in [0.5, 0.6) is 5.75 Å². The van der Waals surface area contributed by atoms with E-state index in [4.69, 9.17) is 11.6 Å². The fraction of sp³-hybridized carbons (Fsp3) is 0.300. The van der Waals surface area contributed by atoms with Crippen LogP contribution < -0.4 is 5.43 Å². The molecule has 1 atom stereocenters. The number of carbonyl (C=O) groups excluding carboxylic acids is 1. The molecule has 0 bridgehead atoms. The van der Waals surface area contributed by atoms with Gasteiger partial charge in [-0.3, -0.25) is 10.2 Å². The van der Waals surface area contributed by atoms with E-state index in [1.165, 1.54) is 17.0 Å². The third-order valence-electron chi connectivity index (χ3n) is 4.62. The number of carbonyl (C=O) groups is 1. The van der Waals surface area contributed by atoms with Crippen LogP contribution in [0.25, 0.3) is 0 Å². The number of nitrogens with zero attached hydrogens (tertiary/aromatic N) is 2. The predicted molar refractivity (Wildman–Crippen MR) is 104 cm³/mol. The fourth-order valence-electron chi connectivity index (χ4n) is 3.01. The number of alkyl halides is 3. The molecule has 0 saturated carbocycles. The third kappa shape index (κ3) is 5.41. The Morgan fingerprint density at radius 3 is 2.52 bits per heavy atom. The minimum absolute atomic E-state index is 0.129. The first-order chi connectivity index (χ1) is 13.7. The number of rotatable bonds is 6. The maximum absolute atomic E-state index is 12.9. The Hall–Kier alpha value is -2.74. The molecule has 9 heteroatoms. The Kier molecular flexibility index (Phi) is 6.32. The number of phenolic OH excluding ortho intramolecular Hbond substituents is 1. The van der Waals surface area contributed by atoms with E-state index in [9.17, 15) is 23.1 Å². The summed E-state index contributed by atoms with van der Waals surface area (Å²) in [5.41, 5.74) is 2.90. The van der Waals surface area contributed by atoms with Crippen LogP contribution >= 0.6 is 11.6 Å². The second kappa shape index (κ2) is 8.73. The van der Waals surface area contributed by atoms with Gasteiger partial charge in [0.05, 0.1) is 0 Å². The van der Waals surface area contributed by atoms with E-state index in [0.717, 1.165) is 5.56 Å². The monoisotopic (exact) mass is 425 g/mol. The van der Waals surface area contributed by atoms with Gasteiger partial charge in [0.1, 0.15) is 17.5 Å². The molecule has 1 heterocycles. The normalized spacial score (nSPS) is 16.3. The van der Waals surface area contributed by atoms with Crippen molar-refractivity contribution in [3.05, 3.63) is 64.7 Å². The van der Waals surface area contributed by atoms with Gasteiger partial charge in [-0.2, -0.15) is 18.3 Å². The molecule has 0 fully saturated rings. The number of aromatic hydroxyl groups is 1. The lowest BCUT2D eigenvalue weighted by molar-refractivity contribution is -0.133. The highest BCUT2D eigenvalue weighted by Gasteiger charge is 2.42. The minimum atomic E-state index is -4.57. The Bertz CT molecular complexity index is 901. The van der Waals surface area contributed by atoms with E-state index in [2.05, 4.69) is 10.5 Å². The number of hydrogen-bond acceptors (Lipinski definition) is 4. The zero-order valence-corrected chi connectivity index (χ0v) is 16.0. The van der Waals surface area contributed by atoms with Crippen molar-refractivity contribution in [2.24, 2.45) is 5.10 Å². The summed E-state index contributed by atoms with van der Waals surface area (Å²) in [6.45, 7) is 0.435. The van der Waals surface area contributed by atoms with Gasteiger partial charge in [0.2, 0.25) is 5.91 Å². The number of halogens is 4. The maximum atomic E-state index is 12.9. The lowest BCUT2D eigenvalue weighted by Gasteiger charge is -2.26. The summed E-state index contributed by atoms with van der Waals surface area (Å²) >= 11 is 6.20. The molecule has 2 aromatic carbocycles. The first-order valence-corrected chi connectivity index (χ1v) is 9.31. The smallest absolute Gasteiger partial charge is 0.431 e. The Balaban J connectivity index is 1.74. The van der Waals surface area contributed by atoms with Crippen molar-refractivity contribution in [3.8, 4) is 5.75 Å². The van der Waals surface area contributed by atoms with E-state index in [1.54, 1.807) is 36.4 Å². The lowest BCUT2D eigenvalue weighted by Crippen LogP contribution is -2.44. The molecule has 2 aromatic rings. The van der Waals surface area contributed by atoms with Gasteiger partial charge >= 0.3 is 6.18 Å². The van der Waals surface area contributed by atoms with Crippen molar-refractivity contribution in [2.45, 2.75) is 31.6 Å². The number of nitrogens with one attached hydrogen (secondary N) is 1. The van der Waals surface area contributed by atoms with Crippen molar-refractivity contribution < 1.29 is 23.1 Å². The van der Waals surface area contributed by atoms with Crippen LogP contribution in [0.1, 0.15) is 17.5 Å². The molecule has 1 unspecified atom stereocenters. The second-order valence-corrected chi connectivity index (χ2v) is 7.12. The maximum Gasteiger partial charge on any atom is 0.431 e. The Morgan fingerprint density at radius 2 is 1.90 bits per heavy atom. The van der Waals surface area contributed by atoms with E-state index < -0.39 is 30.3 Å². The highest BCUT2D eigenvalue weighted by atomic mass is 35.5. The number of hydrogen-bond donors (Lipinski definition) is 2. The average Bonchev–Trinajstić information content (AvgIpc) is 3.18. The molecule has 2 N–H and O–H groups in total. The fourth-order valence-corrected chi connectivity index (χ4v) is 3.20. The summed E-state index contributed by atoms with van der Waals surface area (Å²) < 4.78 is 38.6. The van der Waals surface area contributed by atoms with E-state index >= 15 is 0 Å². The standard InChI is InChI=1S/C20H19ClF3N3O2/c21-16-4-2-1-3-14(16)12-27(10-9-13-5-7-15(28)8-6-13)19(29)17-11-18(26-25-17)20(22,23)24/h1-8,17,25,28H,9-12H2. The van der Waals surface area contributed by atoms with Crippen molar-refractivity contribution in [2.75, 3.05) is 6.54 Å². The van der Waals surface area contributed by atoms with Gasteiger partial charge < -0.3 is 10.0 Å². The van der Waals surface area contributed by atoms with Gasteiger partial charge in [-0.05, 0) is 35.7 Å². The molecule has 0 saturated heterocycles. The average molecular weight is 426 g/mol. The van der Waals surface area contributed by atoms with Crippen LogP contribution in [0.3, 0.4) is 0 Å². The van der Waals surface area contributed by atoms with E-state index in [1.807, 2.05) is 0 Å². The van der Waals surface area contributed by atoms with Gasteiger partial charge in [0, 0.05) is 24.5 Å². The van der Waals surface area contributed by atoms with Gasteiger partial charge in [-0.25, -0.2) is 0 Å². The SMILES string of the molecule is O=C(C1CC(C(F)(F)F)=NN1)N(CCc1ccc(O)cc1)Cc1ccccc1Cl. The van der Waals surface area contributed by atoms with Crippen LogP contribution in [0.2, 0.25) is 5.02 Å². The van der Waals surface area contributed by atoms with Crippen LogP contribution in [0.4, 0.5) is 13.2 Å². The molecule has 0 aromatic heterocycles. The van der Waals surface area contributed by atoms with Crippen molar-refractivity contribution in [1.82, 2.24) is 10.3 Å². The number of phenols is 1. The lowest BCUT2D eigenvalue weighted by atomic mass is 10.1. The molecule has 1 aliphatic heterocycles. The summed E-state index contributed by atoms with van der Waals surface area (Å²) in [7, 11) is 0. The Labute approximate surface area is 170 Å². The zero-order chi connectivity index (χ0) is 21.0. The molecule has 29 heavy (non-hydrogen) atoms. The molecular weight excluding hydrogens is 407 g/mol. The summed E-state index contributed by atoms with van der Waals surface area (Å²) in [6.07, 6.45) is -4.61. The number of benzene rings is 2. The zero-order valence-electron chi connectivity index (χ0n) is 15.3. The van der Waals surface area contributed by atoms with E-state index in [-0.39, 0.29) is 18.8 Å². The number of amides is 1. The summed E-state index contributed by atoms with van der Waals surface area (Å²) in [4.78, 5) is 14.4. The van der Waals surface area contributed by atoms with Crippen LogP contribution in [-0.4, -0.2) is 40.4 Å². The minimum Gasteiger partial charge on any atom is -0.508 e. The molecule has 0 aliphatic carbocycles. The first kappa shape index (κ1) is 21.0. The van der Waals surface area contributed by atoms with Crippen LogP contribution in [0.15, 0.2) is 53.6 Å². The first-order valence-electron chi connectivity index (χ1n) is 8.93. The van der Waals surface area contributed by atoms with Crippen LogP contribution in [-0.2, 0) is 17.8 Å². The molecule has 1 amide bonds. The molecule has 5 nitrogen and oxygen atoms in total. The number of hydrazone groups is 1. The molecular formula is C20H19ClF3N3O2. The predicted octanol–water partition coefficient (Wildman–Crippen LogP) is 3.90. The highest BCUT2D eigenvalue weighted by Crippen LogP contribution is 2.25. The van der Waals surface area contributed by atoms with Gasteiger partial charge in [-0.15, -0.1) is 0 Å². The summed E-state index contributed by atoms with van der Waals surface area (Å²) in [5, 5.41) is 13.1. The molecule has 154 valence electrons. The highest BCUT2D eigenvalue weighted by molar-refractivity contribution is 6.31. The Morgan fingerprint density at radius 1 is 1.21 bits per heavy atom. The third-order valence-corrected chi connectivity index (χ3v) is 4.98. The van der Waals surface area contributed by atoms with Crippen molar-refractivity contribution >= 4 is 23.2 Å². The van der Waals surface area contributed by atoms with Crippen LogP contribution in [0, 0.1) is 0 Å². The summed E-state index contributed by atoms with van der Waals surface area (Å²) in [5.74, 6) is -0.351. The van der Waals surface area contributed by atoms with Gasteiger partial charge in [-0.1, -0.05) is 41.9 Å².